The van der Waals surface area contributed by atoms with E-state index in [9.17, 15) is 4.79 Å². The van der Waals surface area contributed by atoms with Crippen molar-refractivity contribution in [2.24, 2.45) is 0 Å². The van der Waals surface area contributed by atoms with Gasteiger partial charge >= 0.3 is 0 Å². The van der Waals surface area contributed by atoms with Crippen LogP contribution >= 0.6 is 11.3 Å². The van der Waals surface area contributed by atoms with Crippen molar-refractivity contribution in [1.82, 2.24) is 19.8 Å². The third-order valence-electron chi connectivity index (χ3n) is 5.35. The molecule has 4 rings (SSSR count). The summed E-state index contributed by atoms with van der Waals surface area (Å²) in [5.41, 5.74) is 1.06. The molecule has 0 saturated carbocycles. The molecule has 150 valence electrons. The van der Waals surface area contributed by atoms with E-state index in [2.05, 4.69) is 35.4 Å². The Morgan fingerprint density at radius 1 is 1.04 bits per heavy atom. The van der Waals surface area contributed by atoms with Gasteiger partial charge in [0.25, 0.3) is 0 Å². The molecule has 0 aliphatic carbocycles. The van der Waals surface area contributed by atoms with Gasteiger partial charge in [-0.15, -0.1) is 11.3 Å². The highest BCUT2D eigenvalue weighted by atomic mass is 32.1. The molecule has 0 aromatic carbocycles. The largest absolute Gasteiger partial charge is 0.354 e. The van der Waals surface area contributed by atoms with Crippen LogP contribution < -0.4 is 10.2 Å². The SMILES string of the molecule is O=C(CN1CCN(c2ccccn2)CC1)Nc1nc(CN2CCCCC2)cs1. The Morgan fingerprint density at radius 2 is 1.86 bits per heavy atom. The fraction of sp³-hybridized carbons (Fsp3) is 0.550. The van der Waals surface area contributed by atoms with E-state index < -0.39 is 0 Å². The highest BCUT2D eigenvalue weighted by molar-refractivity contribution is 7.13. The molecular weight excluding hydrogens is 372 g/mol. The van der Waals surface area contributed by atoms with Crippen LogP contribution in [0.2, 0.25) is 0 Å². The van der Waals surface area contributed by atoms with Crippen LogP contribution in [0.25, 0.3) is 0 Å². The Labute approximate surface area is 170 Å². The molecule has 0 radical (unpaired) electrons. The minimum atomic E-state index is 0.0187. The van der Waals surface area contributed by atoms with E-state index in [0.717, 1.165) is 57.3 Å². The summed E-state index contributed by atoms with van der Waals surface area (Å²) in [6.07, 6.45) is 5.72. The lowest BCUT2D eigenvalue weighted by Crippen LogP contribution is -2.48. The molecule has 2 aromatic rings. The molecule has 4 heterocycles. The van der Waals surface area contributed by atoms with Gasteiger partial charge in [-0.25, -0.2) is 9.97 Å². The zero-order chi connectivity index (χ0) is 19.2. The first kappa shape index (κ1) is 19.3. The van der Waals surface area contributed by atoms with Crippen molar-refractivity contribution in [2.75, 3.05) is 56.0 Å². The predicted octanol–water partition coefficient (Wildman–Crippen LogP) is 2.28. The zero-order valence-electron chi connectivity index (χ0n) is 16.2. The third kappa shape index (κ3) is 5.27. The van der Waals surface area contributed by atoms with Crippen LogP contribution in [0.15, 0.2) is 29.8 Å². The number of piperidine rings is 1. The number of nitrogens with one attached hydrogen (secondary N) is 1. The molecule has 8 heteroatoms. The average molecular weight is 401 g/mol. The minimum absolute atomic E-state index is 0.0187. The molecule has 2 saturated heterocycles. The number of pyridine rings is 1. The number of amides is 1. The topological polar surface area (TPSA) is 64.6 Å². The summed E-state index contributed by atoms with van der Waals surface area (Å²) in [6.45, 7) is 7.12. The quantitative estimate of drug-likeness (QED) is 0.803. The predicted molar refractivity (Wildman–Crippen MR) is 113 cm³/mol. The number of hydrogen-bond acceptors (Lipinski definition) is 7. The second-order valence-electron chi connectivity index (χ2n) is 7.48. The van der Waals surface area contributed by atoms with Gasteiger partial charge in [-0.2, -0.15) is 0 Å². The van der Waals surface area contributed by atoms with Gasteiger partial charge in [0.1, 0.15) is 5.82 Å². The Morgan fingerprint density at radius 3 is 2.61 bits per heavy atom. The number of nitrogens with zero attached hydrogens (tertiary/aromatic N) is 5. The fourth-order valence-electron chi connectivity index (χ4n) is 3.82. The molecule has 2 aromatic heterocycles. The number of rotatable bonds is 6. The number of anilines is 2. The molecule has 1 N–H and O–H groups in total. The highest BCUT2D eigenvalue weighted by Crippen LogP contribution is 2.19. The second-order valence-corrected chi connectivity index (χ2v) is 8.34. The fourth-order valence-corrected chi connectivity index (χ4v) is 4.54. The Hall–Kier alpha value is -2.03. The van der Waals surface area contributed by atoms with Gasteiger partial charge < -0.3 is 10.2 Å². The lowest BCUT2D eigenvalue weighted by atomic mass is 10.1. The van der Waals surface area contributed by atoms with Gasteiger partial charge in [0.05, 0.1) is 12.2 Å². The maximum Gasteiger partial charge on any atom is 0.240 e. The first-order valence-corrected chi connectivity index (χ1v) is 11.0. The van der Waals surface area contributed by atoms with E-state index >= 15 is 0 Å². The van der Waals surface area contributed by atoms with E-state index in [0.29, 0.717) is 11.7 Å². The Bertz CT molecular complexity index is 753. The van der Waals surface area contributed by atoms with Gasteiger partial charge in [0.2, 0.25) is 5.91 Å². The van der Waals surface area contributed by atoms with Crippen molar-refractivity contribution in [3.63, 3.8) is 0 Å². The molecule has 2 aliphatic heterocycles. The molecule has 2 aliphatic rings. The van der Waals surface area contributed by atoms with Crippen molar-refractivity contribution in [3.8, 4) is 0 Å². The summed E-state index contributed by atoms with van der Waals surface area (Å²) in [5, 5.41) is 5.75. The number of aromatic nitrogens is 2. The minimum Gasteiger partial charge on any atom is -0.354 e. The van der Waals surface area contributed by atoms with Crippen molar-refractivity contribution in [2.45, 2.75) is 25.8 Å². The molecular formula is C20H28N6OS. The van der Waals surface area contributed by atoms with E-state index in [4.69, 9.17) is 0 Å². The number of piperazine rings is 1. The van der Waals surface area contributed by atoms with Crippen molar-refractivity contribution >= 4 is 28.2 Å². The van der Waals surface area contributed by atoms with Gasteiger partial charge in [0.15, 0.2) is 5.13 Å². The van der Waals surface area contributed by atoms with E-state index in [1.807, 2.05) is 24.4 Å². The molecule has 7 nitrogen and oxygen atoms in total. The standard InChI is InChI=1S/C20H28N6OS/c27-19(15-25-10-12-26(13-11-25)18-6-2-3-7-21-18)23-20-22-17(16-28-20)14-24-8-4-1-5-9-24/h2-3,6-7,16H,1,4-5,8-15H2,(H,22,23,27). The van der Waals surface area contributed by atoms with Crippen LogP contribution in [0.4, 0.5) is 10.9 Å². The average Bonchev–Trinajstić information content (AvgIpc) is 3.16. The number of hydrogen-bond donors (Lipinski definition) is 1. The van der Waals surface area contributed by atoms with E-state index in [-0.39, 0.29) is 5.91 Å². The first-order valence-electron chi connectivity index (χ1n) is 10.1. The van der Waals surface area contributed by atoms with Gasteiger partial charge in [-0.3, -0.25) is 14.6 Å². The summed E-state index contributed by atoms with van der Waals surface area (Å²) >= 11 is 1.52. The van der Waals surface area contributed by atoms with Crippen LogP contribution in [0.1, 0.15) is 25.0 Å². The smallest absolute Gasteiger partial charge is 0.240 e. The summed E-state index contributed by atoms with van der Waals surface area (Å²) in [7, 11) is 0. The van der Waals surface area contributed by atoms with Gasteiger partial charge in [0, 0.05) is 44.3 Å². The lowest BCUT2D eigenvalue weighted by molar-refractivity contribution is -0.117. The monoisotopic (exact) mass is 400 g/mol. The van der Waals surface area contributed by atoms with Crippen LogP contribution in [-0.4, -0.2) is 71.5 Å². The molecule has 0 spiro atoms. The normalized spacial score (nSPS) is 18.9. The van der Waals surface area contributed by atoms with E-state index in [1.54, 1.807) is 0 Å². The lowest BCUT2D eigenvalue weighted by Gasteiger charge is -2.34. The third-order valence-corrected chi connectivity index (χ3v) is 6.15. The summed E-state index contributed by atoms with van der Waals surface area (Å²) in [4.78, 5) is 28.3. The van der Waals surface area contributed by atoms with Crippen molar-refractivity contribution in [1.29, 1.82) is 0 Å². The second kappa shape index (κ2) is 9.45. The van der Waals surface area contributed by atoms with Crippen LogP contribution in [0.3, 0.4) is 0 Å². The van der Waals surface area contributed by atoms with Gasteiger partial charge in [-0.1, -0.05) is 12.5 Å². The number of carbonyl (C=O) groups is 1. The number of likely N-dealkylation sites (tertiary alicyclic amines) is 1. The molecule has 0 atom stereocenters. The molecule has 0 bridgehead atoms. The Balaban J connectivity index is 1.21. The summed E-state index contributed by atoms with van der Waals surface area (Å²) in [6, 6.07) is 5.97. The zero-order valence-corrected chi connectivity index (χ0v) is 17.0. The number of thiazole rings is 1. The van der Waals surface area contributed by atoms with E-state index in [1.165, 1.54) is 30.6 Å². The Kier molecular flexibility index (Phi) is 6.51. The summed E-state index contributed by atoms with van der Waals surface area (Å²) in [5.74, 6) is 1.03. The molecule has 0 unspecified atom stereocenters. The van der Waals surface area contributed by atoms with Crippen LogP contribution in [-0.2, 0) is 11.3 Å². The number of carbonyl (C=O) groups excluding carboxylic acids is 1. The molecule has 28 heavy (non-hydrogen) atoms. The van der Waals surface area contributed by atoms with Crippen LogP contribution in [0.5, 0.6) is 0 Å². The van der Waals surface area contributed by atoms with Crippen molar-refractivity contribution < 1.29 is 4.79 Å². The van der Waals surface area contributed by atoms with Crippen LogP contribution in [0, 0.1) is 0 Å². The first-order chi connectivity index (χ1) is 13.8. The molecule has 1 amide bonds. The molecule has 2 fully saturated rings. The highest BCUT2D eigenvalue weighted by Gasteiger charge is 2.20. The van der Waals surface area contributed by atoms with Gasteiger partial charge in [-0.05, 0) is 38.1 Å². The summed E-state index contributed by atoms with van der Waals surface area (Å²) < 4.78 is 0. The van der Waals surface area contributed by atoms with Crippen molar-refractivity contribution in [3.05, 3.63) is 35.5 Å². The maximum absolute atomic E-state index is 12.4. The maximum atomic E-state index is 12.4.